The summed E-state index contributed by atoms with van der Waals surface area (Å²) in [6, 6.07) is 8.80. The minimum atomic E-state index is -1.01. The highest BCUT2D eigenvalue weighted by Crippen LogP contribution is 2.12. The van der Waals surface area contributed by atoms with Crippen molar-refractivity contribution in [3.8, 4) is 5.75 Å². The Balaban J connectivity index is 2.19. The minimum Gasteiger partial charge on any atom is -0.497 e. The lowest BCUT2D eigenvalue weighted by Gasteiger charge is -2.32. The van der Waals surface area contributed by atoms with E-state index in [-0.39, 0.29) is 5.91 Å². The molecule has 1 unspecified atom stereocenters. The fraction of sp³-hybridized carbons (Fsp3) is 0.625. The Kier molecular flexibility index (Phi) is 12.1. The molecule has 7 heteroatoms. The van der Waals surface area contributed by atoms with Gasteiger partial charge in [0, 0.05) is 33.7 Å². The highest BCUT2D eigenvalue weighted by Gasteiger charge is 2.20. The van der Waals surface area contributed by atoms with E-state index in [1.807, 2.05) is 24.3 Å². The van der Waals surface area contributed by atoms with Gasteiger partial charge in [-0.25, -0.2) is 0 Å². The van der Waals surface area contributed by atoms with Crippen LogP contribution in [0.5, 0.6) is 5.75 Å². The Hall–Kier alpha value is -1.67. The van der Waals surface area contributed by atoms with Gasteiger partial charge >= 0.3 is 0 Å². The van der Waals surface area contributed by atoms with Crippen molar-refractivity contribution < 1.29 is 23.9 Å². The number of carbonyl (C=O) groups is 1. The summed E-state index contributed by atoms with van der Waals surface area (Å²) in [7, 11) is 4.81. The van der Waals surface area contributed by atoms with E-state index in [9.17, 15) is 9.90 Å². The van der Waals surface area contributed by atoms with Crippen LogP contribution >= 0.6 is 0 Å². The maximum atomic E-state index is 12.0. The molecule has 31 heavy (non-hydrogen) atoms. The number of methoxy groups -OCH3 is 1. The van der Waals surface area contributed by atoms with Crippen molar-refractivity contribution >= 4 is 20.1 Å². The molecule has 0 bridgehead atoms. The predicted octanol–water partition coefficient (Wildman–Crippen LogP) is 3.40. The number of nitrogens with one attached hydrogen (secondary N) is 1. The number of ether oxygens (including phenoxy) is 2. The van der Waals surface area contributed by atoms with Gasteiger partial charge in [0.25, 0.3) is 0 Å². The van der Waals surface area contributed by atoms with E-state index < -0.39 is 14.2 Å². The van der Waals surface area contributed by atoms with E-state index in [0.717, 1.165) is 37.3 Å². The fourth-order valence-electron chi connectivity index (χ4n) is 3.30. The van der Waals surface area contributed by atoms with Gasteiger partial charge in [0.1, 0.15) is 18.4 Å². The molecular weight excluding hydrogens is 408 g/mol. The van der Waals surface area contributed by atoms with Crippen LogP contribution in [-0.4, -0.2) is 83.7 Å². The number of aliphatic hydroxyl groups is 1. The number of aliphatic hydroxyl groups excluding tert-OH is 1. The second-order valence-electron chi connectivity index (χ2n) is 9.99. The minimum absolute atomic E-state index is 0.104. The second kappa shape index (κ2) is 13.7. The molecule has 0 radical (unpaired) electrons. The topological polar surface area (TPSA) is 67.8 Å². The molecule has 0 aliphatic carbocycles. The van der Waals surface area contributed by atoms with Gasteiger partial charge in [-0.15, -0.1) is 0 Å². The molecule has 0 aromatic heterocycles. The first-order valence-electron chi connectivity index (χ1n) is 11.2. The summed E-state index contributed by atoms with van der Waals surface area (Å²) < 4.78 is 11.5. The molecule has 1 rings (SSSR count). The van der Waals surface area contributed by atoms with Gasteiger partial charge in [0.15, 0.2) is 0 Å². The monoisotopic (exact) mass is 451 g/mol. The summed E-state index contributed by atoms with van der Waals surface area (Å²) in [5.41, 5.74) is 0.949. The van der Waals surface area contributed by atoms with Crippen molar-refractivity contribution in [3.05, 3.63) is 35.9 Å². The second-order valence-corrected chi connectivity index (χ2v) is 15.6. The van der Waals surface area contributed by atoms with Crippen molar-refractivity contribution in [2.45, 2.75) is 44.6 Å². The van der Waals surface area contributed by atoms with Gasteiger partial charge in [-0.3, -0.25) is 4.79 Å². The van der Waals surface area contributed by atoms with E-state index in [0.29, 0.717) is 24.2 Å². The molecule has 0 aliphatic rings. The molecule has 1 amide bonds. The molecule has 0 fully saturated rings. The van der Waals surface area contributed by atoms with Gasteiger partial charge in [-0.05, 0) is 30.2 Å². The van der Waals surface area contributed by atoms with Gasteiger partial charge < -0.3 is 24.4 Å². The first-order valence-corrected chi connectivity index (χ1v) is 14.9. The zero-order valence-electron chi connectivity index (χ0n) is 20.3. The number of carbonyl (C=O) groups excluding carboxylic acids is 1. The van der Waals surface area contributed by atoms with Crippen molar-refractivity contribution in [3.63, 3.8) is 0 Å². The number of nitrogens with zero attached hydrogens (tertiary/aromatic N) is 1. The molecule has 0 saturated carbocycles. The van der Waals surface area contributed by atoms with Crippen molar-refractivity contribution in [1.29, 1.82) is 0 Å². The predicted molar refractivity (Wildman–Crippen MR) is 131 cm³/mol. The highest BCUT2D eigenvalue weighted by molar-refractivity contribution is 6.76. The van der Waals surface area contributed by atoms with Crippen LogP contribution in [0.15, 0.2) is 30.3 Å². The normalized spacial score (nSPS) is 13.4. The lowest BCUT2D eigenvalue weighted by molar-refractivity contribution is -0.893. The lowest BCUT2D eigenvalue weighted by Crippen LogP contribution is -2.47. The number of amides is 1. The van der Waals surface area contributed by atoms with Crippen molar-refractivity contribution in [2.75, 3.05) is 54.1 Å². The summed E-state index contributed by atoms with van der Waals surface area (Å²) in [6.07, 6.45) is 4.79. The average Bonchev–Trinajstić information content (AvgIpc) is 2.68. The largest absolute Gasteiger partial charge is 0.497 e. The van der Waals surface area contributed by atoms with Crippen LogP contribution in [0.3, 0.4) is 0 Å². The van der Waals surface area contributed by atoms with E-state index in [1.54, 1.807) is 19.3 Å². The zero-order valence-corrected chi connectivity index (χ0v) is 21.3. The Morgan fingerprint density at radius 1 is 1.19 bits per heavy atom. The third-order valence-electron chi connectivity index (χ3n) is 5.01. The SMILES string of the molecule is COc1ccc(/C=C/C(=O)NCCC[N+](C)(C)CC(O)COCCC[Si](C)(C)C)cc1. The van der Waals surface area contributed by atoms with Crippen LogP contribution in [0.25, 0.3) is 6.08 Å². The number of likely N-dealkylation sites (N-methyl/N-ethyl adjacent to an activating group) is 1. The molecule has 176 valence electrons. The molecule has 0 heterocycles. The van der Waals surface area contributed by atoms with Gasteiger partial charge in [0.05, 0.1) is 34.4 Å². The third-order valence-corrected chi connectivity index (χ3v) is 6.87. The number of benzene rings is 1. The van der Waals surface area contributed by atoms with E-state index in [4.69, 9.17) is 9.47 Å². The number of hydrogen-bond acceptors (Lipinski definition) is 4. The van der Waals surface area contributed by atoms with Crippen LogP contribution < -0.4 is 10.1 Å². The van der Waals surface area contributed by atoms with E-state index in [1.165, 1.54) is 6.04 Å². The van der Waals surface area contributed by atoms with Crippen LogP contribution in [0.4, 0.5) is 0 Å². The highest BCUT2D eigenvalue weighted by atomic mass is 28.3. The van der Waals surface area contributed by atoms with Crippen LogP contribution in [-0.2, 0) is 9.53 Å². The summed E-state index contributed by atoms with van der Waals surface area (Å²) in [5, 5.41) is 13.2. The molecular formula is C24H43N2O4Si+. The Morgan fingerprint density at radius 2 is 1.87 bits per heavy atom. The average molecular weight is 452 g/mol. The standard InChI is InChI=1S/C24H42N2O4Si/c1-26(2,19-22(27)20-30-17-8-18-31(4,5)6)16-7-15-25-24(28)14-11-21-9-12-23(29-3)13-10-21/h9-14,22,27H,7-8,15-20H2,1-6H3/p+1/b14-11+. The quantitative estimate of drug-likeness (QED) is 0.186. The van der Waals surface area contributed by atoms with Gasteiger partial charge in [-0.2, -0.15) is 0 Å². The summed E-state index contributed by atoms with van der Waals surface area (Å²) in [5.74, 6) is 0.689. The Morgan fingerprint density at radius 3 is 2.48 bits per heavy atom. The fourth-order valence-corrected chi connectivity index (χ4v) is 4.51. The molecule has 0 spiro atoms. The zero-order chi connectivity index (χ0) is 23.3. The molecule has 0 aliphatic heterocycles. The van der Waals surface area contributed by atoms with Gasteiger partial charge in [-0.1, -0.05) is 37.8 Å². The molecule has 0 saturated heterocycles. The summed E-state index contributed by atoms with van der Waals surface area (Å²) in [4.78, 5) is 12.0. The third kappa shape index (κ3) is 14.1. The molecule has 1 aromatic carbocycles. The maximum absolute atomic E-state index is 12.0. The molecule has 1 atom stereocenters. The van der Waals surface area contributed by atoms with Crippen molar-refractivity contribution in [1.82, 2.24) is 5.32 Å². The van der Waals surface area contributed by atoms with Crippen molar-refractivity contribution in [2.24, 2.45) is 0 Å². The molecule has 6 nitrogen and oxygen atoms in total. The first-order chi connectivity index (χ1) is 14.5. The Bertz CT molecular complexity index is 669. The van der Waals surface area contributed by atoms with Crippen LogP contribution in [0.2, 0.25) is 25.7 Å². The summed E-state index contributed by atoms with van der Waals surface area (Å²) >= 11 is 0. The van der Waals surface area contributed by atoms with Crippen LogP contribution in [0.1, 0.15) is 18.4 Å². The molecule has 1 aromatic rings. The van der Waals surface area contributed by atoms with Gasteiger partial charge in [0.2, 0.25) is 5.91 Å². The number of quaternary nitrogens is 1. The van der Waals surface area contributed by atoms with Crippen LogP contribution in [0, 0.1) is 0 Å². The number of rotatable bonds is 15. The molecule has 2 N–H and O–H groups in total. The Labute approximate surface area is 189 Å². The smallest absolute Gasteiger partial charge is 0.244 e. The number of hydrogen-bond donors (Lipinski definition) is 2. The summed E-state index contributed by atoms with van der Waals surface area (Å²) in [6.45, 7) is 10.3. The maximum Gasteiger partial charge on any atom is 0.244 e. The van der Waals surface area contributed by atoms with E-state index in [2.05, 4.69) is 39.1 Å². The van der Waals surface area contributed by atoms with E-state index >= 15 is 0 Å². The lowest BCUT2D eigenvalue weighted by atomic mass is 10.2. The first kappa shape index (κ1) is 27.4.